The Hall–Kier alpha value is -0.880. The molecule has 0 bridgehead atoms. The minimum absolute atomic E-state index is 0.192. The van der Waals surface area contributed by atoms with Crippen molar-refractivity contribution in [2.75, 3.05) is 13.1 Å². The summed E-state index contributed by atoms with van der Waals surface area (Å²) in [6.07, 6.45) is 4.36. The van der Waals surface area contributed by atoms with E-state index < -0.39 is 10.0 Å². The van der Waals surface area contributed by atoms with Gasteiger partial charge in [-0.25, -0.2) is 8.42 Å². The number of sulfonamides is 1. The molecule has 0 amide bonds. The van der Waals surface area contributed by atoms with Crippen LogP contribution >= 0.6 is 0 Å². The van der Waals surface area contributed by atoms with E-state index in [0.717, 1.165) is 19.3 Å². The third-order valence-electron chi connectivity index (χ3n) is 3.39. The van der Waals surface area contributed by atoms with Gasteiger partial charge in [-0.05, 0) is 30.7 Å². The highest BCUT2D eigenvalue weighted by atomic mass is 32.2. The standard InChI is InChI=1S/C11H19N3O2S/c1-11(2)5-3-8-14(9-6-11)17(15,16)10-4-7-12-13-10/h4,7H,3,5-6,8-9H2,1-2H3,(H,12,13). The first-order valence-electron chi connectivity index (χ1n) is 5.91. The molecule has 1 saturated heterocycles. The average Bonchev–Trinajstić information content (AvgIpc) is 2.70. The summed E-state index contributed by atoms with van der Waals surface area (Å²) in [5.74, 6) is 0. The van der Waals surface area contributed by atoms with Crippen molar-refractivity contribution in [1.82, 2.24) is 14.5 Å². The van der Waals surface area contributed by atoms with E-state index in [1.165, 1.54) is 12.3 Å². The molecule has 0 aromatic carbocycles. The van der Waals surface area contributed by atoms with Crippen molar-refractivity contribution in [1.29, 1.82) is 0 Å². The molecule has 0 aliphatic carbocycles. The van der Waals surface area contributed by atoms with Crippen LogP contribution in [0.15, 0.2) is 17.3 Å². The summed E-state index contributed by atoms with van der Waals surface area (Å²) in [6, 6.07) is 1.51. The van der Waals surface area contributed by atoms with E-state index in [1.54, 1.807) is 4.31 Å². The lowest BCUT2D eigenvalue weighted by Crippen LogP contribution is -2.32. The normalized spacial score (nSPS) is 22.2. The van der Waals surface area contributed by atoms with Crippen molar-refractivity contribution in [3.8, 4) is 0 Å². The van der Waals surface area contributed by atoms with Crippen LogP contribution in [0.4, 0.5) is 0 Å². The molecular weight excluding hydrogens is 238 g/mol. The Labute approximate surface area is 102 Å². The number of hydrogen-bond donors (Lipinski definition) is 1. The molecule has 1 fully saturated rings. The largest absolute Gasteiger partial charge is 0.266 e. The van der Waals surface area contributed by atoms with Crippen LogP contribution in [-0.4, -0.2) is 36.0 Å². The van der Waals surface area contributed by atoms with Gasteiger partial charge in [-0.1, -0.05) is 13.8 Å². The Bertz CT molecular complexity index is 465. The number of aromatic nitrogens is 2. The second-order valence-corrected chi connectivity index (χ2v) is 7.25. The number of H-pyrrole nitrogens is 1. The van der Waals surface area contributed by atoms with E-state index in [-0.39, 0.29) is 10.4 Å². The van der Waals surface area contributed by atoms with E-state index in [0.29, 0.717) is 13.1 Å². The van der Waals surface area contributed by atoms with Crippen molar-refractivity contribution in [2.24, 2.45) is 5.41 Å². The molecule has 1 aliphatic rings. The monoisotopic (exact) mass is 257 g/mol. The van der Waals surface area contributed by atoms with E-state index in [9.17, 15) is 8.42 Å². The van der Waals surface area contributed by atoms with Crippen LogP contribution in [0, 0.1) is 5.41 Å². The molecule has 1 aliphatic heterocycles. The van der Waals surface area contributed by atoms with Crippen LogP contribution in [0.1, 0.15) is 33.1 Å². The zero-order valence-electron chi connectivity index (χ0n) is 10.3. The highest BCUT2D eigenvalue weighted by molar-refractivity contribution is 7.89. The molecule has 0 saturated carbocycles. The van der Waals surface area contributed by atoms with Gasteiger partial charge in [0.1, 0.15) is 0 Å². The highest BCUT2D eigenvalue weighted by Gasteiger charge is 2.30. The molecule has 17 heavy (non-hydrogen) atoms. The van der Waals surface area contributed by atoms with Crippen LogP contribution in [-0.2, 0) is 10.0 Å². The molecule has 1 N–H and O–H groups in total. The lowest BCUT2D eigenvalue weighted by atomic mass is 9.85. The fourth-order valence-electron chi connectivity index (χ4n) is 2.16. The van der Waals surface area contributed by atoms with Gasteiger partial charge in [0.05, 0.1) is 6.20 Å². The van der Waals surface area contributed by atoms with Crippen molar-refractivity contribution in [3.63, 3.8) is 0 Å². The summed E-state index contributed by atoms with van der Waals surface area (Å²) >= 11 is 0. The molecule has 6 heteroatoms. The van der Waals surface area contributed by atoms with Gasteiger partial charge in [0.15, 0.2) is 5.03 Å². The molecule has 1 aromatic heterocycles. The maximum absolute atomic E-state index is 12.3. The van der Waals surface area contributed by atoms with Crippen molar-refractivity contribution in [3.05, 3.63) is 12.3 Å². The van der Waals surface area contributed by atoms with E-state index in [4.69, 9.17) is 0 Å². The first-order valence-corrected chi connectivity index (χ1v) is 7.35. The van der Waals surface area contributed by atoms with Gasteiger partial charge in [-0.15, -0.1) is 0 Å². The predicted octanol–water partition coefficient (Wildman–Crippen LogP) is 1.61. The first kappa shape index (κ1) is 12.6. The van der Waals surface area contributed by atoms with Crippen molar-refractivity contribution in [2.45, 2.75) is 38.1 Å². The summed E-state index contributed by atoms with van der Waals surface area (Å²) in [7, 11) is -3.38. The molecule has 0 spiro atoms. The van der Waals surface area contributed by atoms with Crippen LogP contribution < -0.4 is 0 Å². The molecule has 0 unspecified atom stereocenters. The van der Waals surface area contributed by atoms with E-state index in [1.807, 2.05) is 0 Å². The fourth-order valence-corrected chi connectivity index (χ4v) is 3.54. The topological polar surface area (TPSA) is 66.1 Å². The number of hydrogen-bond acceptors (Lipinski definition) is 3. The maximum atomic E-state index is 12.3. The molecule has 2 rings (SSSR count). The van der Waals surface area contributed by atoms with Crippen molar-refractivity contribution < 1.29 is 8.42 Å². The molecule has 1 aromatic rings. The van der Waals surface area contributed by atoms with Gasteiger partial charge in [-0.2, -0.15) is 9.40 Å². The number of nitrogens with one attached hydrogen (secondary N) is 1. The minimum atomic E-state index is -3.38. The second kappa shape index (κ2) is 4.42. The summed E-state index contributed by atoms with van der Waals surface area (Å²) < 4.78 is 26.1. The Morgan fingerprint density at radius 1 is 1.35 bits per heavy atom. The van der Waals surface area contributed by atoms with Crippen molar-refractivity contribution >= 4 is 10.0 Å². The Morgan fingerprint density at radius 2 is 2.12 bits per heavy atom. The molecule has 96 valence electrons. The second-order valence-electron chi connectivity index (χ2n) is 5.34. The van der Waals surface area contributed by atoms with Gasteiger partial charge in [0.2, 0.25) is 0 Å². The van der Waals surface area contributed by atoms with Gasteiger partial charge >= 0.3 is 0 Å². The molecule has 2 heterocycles. The summed E-state index contributed by atoms with van der Waals surface area (Å²) in [6.45, 7) is 5.58. The van der Waals surface area contributed by atoms with Gasteiger partial charge in [0.25, 0.3) is 10.0 Å². The smallest absolute Gasteiger partial charge is 0.259 e. The number of rotatable bonds is 2. The quantitative estimate of drug-likeness (QED) is 0.875. The summed E-state index contributed by atoms with van der Waals surface area (Å²) in [5.41, 5.74) is 0.234. The van der Waals surface area contributed by atoms with Crippen LogP contribution in [0.2, 0.25) is 0 Å². The Kier molecular flexibility index (Phi) is 3.27. The molecule has 0 atom stereocenters. The van der Waals surface area contributed by atoms with Crippen LogP contribution in [0.5, 0.6) is 0 Å². The lowest BCUT2D eigenvalue weighted by Gasteiger charge is -2.22. The third-order valence-corrected chi connectivity index (χ3v) is 5.22. The lowest BCUT2D eigenvalue weighted by molar-refractivity contribution is 0.314. The minimum Gasteiger partial charge on any atom is -0.266 e. The molecule has 0 radical (unpaired) electrons. The molecular formula is C11H19N3O2S. The summed E-state index contributed by atoms with van der Waals surface area (Å²) in [4.78, 5) is 0. The molecule has 5 nitrogen and oxygen atoms in total. The zero-order valence-corrected chi connectivity index (χ0v) is 11.1. The van der Waals surface area contributed by atoms with E-state index in [2.05, 4.69) is 24.0 Å². The zero-order chi connectivity index (χ0) is 12.5. The van der Waals surface area contributed by atoms with Crippen LogP contribution in [0.3, 0.4) is 0 Å². The SMILES string of the molecule is CC1(C)CCCN(S(=O)(=O)c2ccn[nH]2)CC1. The maximum Gasteiger partial charge on any atom is 0.259 e. The Morgan fingerprint density at radius 3 is 2.76 bits per heavy atom. The van der Waals surface area contributed by atoms with E-state index >= 15 is 0 Å². The van der Waals surface area contributed by atoms with Crippen LogP contribution in [0.25, 0.3) is 0 Å². The van der Waals surface area contributed by atoms with Gasteiger partial charge < -0.3 is 0 Å². The number of nitrogens with zero attached hydrogens (tertiary/aromatic N) is 2. The third kappa shape index (κ3) is 2.69. The van der Waals surface area contributed by atoms with Gasteiger partial charge in [0, 0.05) is 13.1 Å². The Balaban J connectivity index is 2.18. The predicted molar refractivity (Wildman–Crippen MR) is 65.0 cm³/mol. The van der Waals surface area contributed by atoms with Gasteiger partial charge in [-0.3, -0.25) is 5.10 Å². The average molecular weight is 257 g/mol. The number of aromatic amines is 1. The highest BCUT2D eigenvalue weighted by Crippen LogP contribution is 2.31. The first-order chi connectivity index (χ1) is 7.92. The summed E-state index contributed by atoms with van der Waals surface area (Å²) in [5, 5.41) is 6.43. The fraction of sp³-hybridized carbons (Fsp3) is 0.727.